The lowest BCUT2D eigenvalue weighted by atomic mass is 9.90. The van der Waals surface area contributed by atoms with Crippen molar-refractivity contribution in [2.24, 2.45) is 5.73 Å². The second-order valence-corrected chi connectivity index (χ2v) is 4.88. The van der Waals surface area contributed by atoms with Crippen LogP contribution in [0.5, 0.6) is 0 Å². The van der Waals surface area contributed by atoms with E-state index in [0.717, 1.165) is 25.8 Å². The van der Waals surface area contributed by atoms with Gasteiger partial charge in [0, 0.05) is 19.5 Å². The smallest absolute Gasteiger partial charge is 0.224 e. The Labute approximate surface area is 109 Å². The van der Waals surface area contributed by atoms with E-state index >= 15 is 0 Å². The molecule has 2 N–H and O–H groups in total. The molecule has 0 bridgehead atoms. The Morgan fingerprint density at radius 2 is 2.22 bits per heavy atom. The van der Waals surface area contributed by atoms with Crippen LogP contribution in [0.25, 0.3) is 0 Å². The summed E-state index contributed by atoms with van der Waals surface area (Å²) in [6.07, 6.45) is 3.55. The lowest BCUT2D eigenvalue weighted by Crippen LogP contribution is -2.40. The highest BCUT2D eigenvalue weighted by Gasteiger charge is 2.29. The maximum atomic E-state index is 12.1. The summed E-state index contributed by atoms with van der Waals surface area (Å²) in [7, 11) is 0. The average molecular weight is 246 g/mol. The van der Waals surface area contributed by atoms with Gasteiger partial charge in [-0.3, -0.25) is 4.79 Å². The normalized spacial score (nSPS) is 18.6. The summed E-state index contributed by atoms with van der Waals surface area (Å²) in [6.45, 7) is 3.44. The molecule has 0 aliphatic carbocycles. The fraction of sp³-hybridized carbons (Fsp3) is 0.533. The van der Waals surface area contributed by atoms with Crippen molar-refractivity contribution in [2.45, 2.75) is 38.6 Å². The van der Waals surface area contributed by atoms with Crippen molar-refractivity contribution in [3.63, 3.8) is 0 Å². The van der Waals surface area contributed by atoms with Gasteiger partial charge in [0.25, 0.3) is 0 Å². The van der Waals surface area contributed by atoms with Crippen molar-refractivity contribution in [3.05, 3.63) is 35.4 Å². The van der Waals surface area contributed by atoms with Gasteiger partial charge in [0.15, 0.2) is 0 Å². The third kappa shape index (κ3) is 2.56. The van der Waals surface area contributed by atoms with E-state index in [1.165, 1.54) is 11.1 Å². The predicted octanol–water partition coefficient (Wildman–Crippen LogP) is 2.26. The van der Waals surface area contributed by atoms with Crippen LogP contribution in [0.15, 0.2) is 24.3 Å². The molecule has 3 heteroatoms. The van der Waals surface area contributed by atoms with Gasteiger partial charge in [-0.05, 0) is 24.0 Å². The van der Waals surface area contributed by atoms with Crippen LogP contribution in [0.1, 0.15) is 43.4 Å². The van der Waals surface area contributed by atoms with Crippen molar-refractivity contribution in [1.29, 1.82) is 0 Å². The Kier molecular flexibility index (Phi) is 4.37. The van der Waals surface area contributed by atoms with Gasteiger partial charge in [0.05, 0.1) is 6.04 Å². The zero-order chi connectivity index (χ0) is 13.0. The monoisotopic (exact) mass is 246 g/mol. The molecule has 18 heavy (non-hydrogen) atoms. The third-order valence-corrected chi connectivity index (χ3v) is 3.65. The maximum absolute atomic E-state index is 12.1. The number of rotatable bonds is 4. The van der Waals surface area contributed by atoms with Gasteiger partial charge in [-0.2, -0.15) is 0 Å². The van der Waals surface area contributed by atoms with E-state index in [1.807, 2.05) is 4.90 Å². The molecule has 0 spiro atoms. The number of hydrogen-bond donors (Lipinski definition) is 1. The largest absolute Gasteiger partial charge is 0.335 e. The molecule has 2 rings (SSSR count). The Balaban J connectivity index is 2.26. The van der Waals surface area contributed by atoms with E-state index in [-0.39, 0.29) is 11.9 Å². The number of carbonyl (C=O) groups excluding carboxylic acids is 1. The Bertz CT molecular complexity index is 417. The van der Waals surface area contributed by atoms with Crippen LogP contribution >= 0.6 is 0 Å². The quantitative estimate of drug-likeness (QED) is 0.885. The average Bonchev–Trinajstić information content (AvgIpc) is 2.39. The minimum atomic E-state index is 0.199. The molecule has 0 saturated carbocycles. The second-order valence-electron chi connectivity index (χ2n) is 4.88. The lowest BCUT2D eigenvalue weighted by Gasteiger charge is -2.37. The molecule has 3 nitrogen and oxygen atoms in total. The molecule has 1 aromatic carbocycles. The molecule has 0 saturated heterocycles. The van der Waals surface area contributed by atoms with E-state index in [1.54, 1.807) is 0 Å². The highest BCUT2D eigenvalue weighted by molar-refractivity contribution is 5.77. The SMILES string of the molecule is CCC[C@H]1c2ccccc2CCN1C(=O)CCN. The zero-order valence-corrected chi connectivity index (χ0v) is 11.1. The summed E-state index contributed by atoms with van der Waals surface area (Å²) in [4.78, 5) is 14.2. The number of nitrogens with zero attached hydrogens (tertiary/aromatic N) is 1. The van der Waals surface area contributed by atoms with Crippen molar-refractivity contribution in [3.8, 4) is 0 Å². The van der Waals surface area contributed by atoms with Crippen LogP contribution < -0.4 is 5.73 Å². The highest BCUT2D eigenvalue weighted by atomic mass is 16.2. The molecule has 1 amide bonds. The fourth-order valence-electron chi connectivity index (χ4n) is 2.80. The first kappa shape index (κ1) is 13.1. The standard InChI is InChI=1S/C15H22N2O/c1-2-5-14-13-7-4-3-6-12(13)9-11-17(14)15(18)8-10-16/h3-4,6-7,14H,2,5,8-11,16H2,1H3/t14-/m0/s1. The molecule has 98 valence electrons. The van der Waals surface area contributed by atoms with E-state index in [2.05, 4.69) is 31.2 Å². The molecule has 0 unspecified atom stereocenters. The minimum Gasteiger partial charge on any atom is -0.335 e. The predicted molar refractivity (Wildman–Crippen MR) is 73.2 cm³/mol. The number of benzene rings is 1. The molecule has 0 radical (unpaired) electrons. The van der Waals surface area contributed by atoms with Gasteiger partial charge >= 0.3 is 0 Å². The van der Waals surface area contributed by atoms with E-state index < -0.39 is 0 Å². The van der Waals surface area contributed by atoms with Crippen LogP contribution in [0.4, 0.5) is 0 Å². The summed E-state index contributed by atoms with van der Waals surface area (Å²) in [5, 5.41) is 0. The summed E-state index contributed by atoms with van der Waals surface area (Å²) in [6, 6.07) is 8.75. The van der Waals surface area contributed by atoms with Gasteiger partial charge in [-0.1, -0.05) is 37.6 Å². The van der Waals surface area contributed by atoms with Crippen molar-refractivity contribution >= 4 is 5.91 Å². The van der Waals surface area contributed by atoms with Gasteiger partial charge in [-0.15, -0.1) is 0 Å². The second kappa shape index (κ2) is 6.01. The summed E-state index contributed by atoms with van der Waals surface area (Å²) < 4.78 is 0. The van der Waals surface area contributed by atoms with Gasteiger partial charge in [0.1, 0.15) is 0 Å². The first-order valence-electron chi connectivity index (χ1n) is 6.85. The van der Waals surface area contributed by atoms with Crippen molar-refractivity contribution < 1.29 is 4.79 Å². The van der Waals surface area contributed by atoms with Crippen molar-refractivity contribution in [1.82, 2.24) is 4.90 Å². The number of fused-ring (bicyclic) bond motifs is 1. The first-order chi connectivity index (χ1) is 8.77. The lowest BCUT2D eigenvalue weighted by molar-refractivity contribution is -0.134. The zero-order valence-electron chi connectivity index (χ0n) is 11.1. The van der Waals surface area contributed by atoms with Crippen LogP contribution in [-0.4, -0.2) is 23.9 Å². The number of hydrogen-bond acceptors (Lipinski definition) is 2. The van der Waals surface area contributed by atoms with E-state index in [0.29, 0.717) is 13.0 Å². The summed E-state index contributed by atoms with van der Waals surface area (Å²) >= 11 is 0. The molecular weight excluding hydrogens is 224 g/mol. The van der Waals surface area contributed by atoms with E-state index in [4.69, 9.17) is 5.73 Å². The topological polar surface area (TPSA) is 46.3 Å². The van der Waals surface area contributed by atoms with Crippen LogP contribution in [-0.2, 0) is 11.2 Å². The Morgan fingerprint density at radius 3 is 2.94 bits per heavy atom. The van der Waals surface area contributed by atoms with Gasteiger partial charge < -0.3 is 10.6 Å². The van der Waals surface area contributed by atoms with Gasteiger partial charge in [-0.25, -0.2) is 0 Å². The Morgan fingerprint density at radius 1 is 1.44 bits per heavy atom. The minimum absolute atomic E-state index is 0.199. The Hall–Kier alpha value is -1.35. The molecule has 1 heterocycles. The molecule has 1 aliphatic heterocycles. The number of carbonyl (C=O) groups is 1. The van der Waals surface area contributed by atoms with Crippen LogP contribution in [0.3, 0.4) is 0 Å². The van der Waals surface area contributed by atoms with E-state index in [9.17, 15) is 4.79 Å². The van der Waals surface area contributed by atoms with Crippen LogP contribution in [0.2, 0.25) is 0 Å². The number of amides is 1. The molecule has 1 aliphatic rings. The molecule has 1 aromatic rings. The highest BCUT2D eigenvalue weighted by Crippen LogP contribution is 2.33. The van der Waals surface area contributed by atoms with Gasteiger partial charge in [0.2, 0.25) is 5.91 Å². The molecular formula is C15H22N2O. The third-order valence-electron chi connectivity index (χ3n) is 3.65. The summed E-state index contributed by atoms with van der Waals surface area (Å²) in [5.74, 6) is 0.199. The van der Waals surface area contributed by atoms with Crippen LogP contribution in [0, 0.1) is 0 Å². The van der Waals surface area contributed by atoms with Crippen molar-refractivity contribution in [2.75, 3.05) is 13.1 Å². The molecule has 0 fully saturated rings. The first-order valence-corrected chi connectivity index (χ1v) is 6.85. The number of nitrogens with two attached hydrogens (primary N) is 1. The maximum Gasteiger partial charge on any atom is 0.224 e. The fourth-order valence-corrected chi connectivity index (χ4v) is 2.80. The molecule has 1 atom stereocenters. The summed E-state index contributed by atoms with van der Waals surface area (Å²) in [5.41, 5.74) is 8.23. The molecule has 0 aromatic heterocycles.